The minimum atomic E-state index is -4.50. The van der Waals surface area contributed by atoms with E-state index in [1.54, 1.807) is 25.1 Å². The van der Waals surface area contributed by atoms with Crippen molar-refractivity contribution < 1.29 is 22.7 Å². The molecule has 2 atom stereocenters. The van der Waals surface area contributed by atoms with E-state index in [-0.39, 0.29) is 31.0 Å². The Hall–Kier alpha value is -3.06. The molecule has 184 valence electrons. The SMILES string of the molecule is Cc1c(Nc2ccc(C#N)cc2Cl)ncnc1OC1CC2CCC(C1)N2C(=O)C1(C(F)(F)F)CC1. The molecule has 3 heterocycles. The van der Waals surface area contributed by atoms with Crippen LogP contribution < -0.4 is 10.1 Å². The van der Waals surface area contributed by atoms with Crippen molar-refractivity contribution in [1.29, 1.82) is 5.26 Å². The lowest BCUT2D eigenvalue weighted by Crippen LogP contribution is -2.54. The van der Waals surface area contributed by atoms with Crippen LogP contribution in [0.25, 0.3) is 0 Å². The van der Waals surface area contributed by atoms with E-state index in [1.165, 1.54) is 11.2 Å². The molecule has 1 aliphatic carbocycles. The number of nitriles is 1. The summed E-state index contributed by atoms with van der Waals surface area (Å²) in [6.45, 7) is 1.79. The Morgan fingerprint density at radius 1 is 1.26 bits per heavy atom. The number of alkyl halides is 3. The maximum absolute atomic E-state index is 13.5. The number of amides is 1. The number of nitrogens with zero attached hydrogens (tertiary/aromatic N) is 4. The fourth-order valence-corrected chi connectivity index (χ4v) is 5.42. The second-order valence-corrected chi connectivity index (χ2v) is 9.88. The van der Waals surface area contributed by atoms with Crippen LogP contribution in [0, 0.1) is 23.7 Å². The van der Waals surface area contributed by atoms with E-state index in [4.69, 9.17) is 21.6 Å². The summed E-state index contributed by atoms with van der Waals surface area (Å²) in [5.41, 5.74) is -0.529. The van der Waals surface area contributed by atoms with Gasteiger partial charge in [0.1, 0.15) is 23.7 Å². The topological polar surface area (TPSA) is 91.1 Å². The summed E-state index contributed by atoms with van der Waals surface area (Å²) < 4.78 is 46.8. The van der Waals surface area contributed by atoms with Gasteiger partial charge in [-0.15, -0.1) is 0 Å². The molecule has 35 heavy (non-hydrogen) atoms. The Morgan fingerprint density at radius 2 is 1.94 bits per heavy atom. The minimum Gasteiger partial charge on any atom is -0.474 e. The molecule has 2 bridgehead atoms. The van der Waals surface area contributed by atoms with Crippen molar-refractivity contribution >= 4 is 29.0 Å². The molecule has 2 saturated heterocycles. The first-order chi connectivity index (χ1) is 16.6. The van der Waals surface area contributed by atoms with Crippen LogP contribution in [0.2, 0.25) is 5.02 Å². The van der Waals surface area contributed by atoms with Crippen molar-refractivity contribution in [3.63, 3.8) is 0 Å². The lowest BCUT2D eigenvalue weighted by atomic mass is 9.95. The molecule has 1 saturated carbocycles. The largest absolute Gasteiger partial charge is 0.474 e. The van der Waals surface area contributed by atoms with E-state index in [1.807, 2.05) is 6.07 Å². The number of benzene rings is 1. The third-order valence-corrected chi connectivity index (χ3v) is 7.61. The van der Waals surface area contributed by atoms with E-state index < -0.39 is 17.5 Å². The highest BCUT2D eigenvalue weighted by Crippen LogP contribution is 2.60. The molecule has 7 nitrogen and oxygen atoms in total. The summed E-state index contributed by atoms with van der Waals surface area (Å²) in [6, 6.07) is 6.37. The second-order valence-electron chi connectivity index (χ2n) is 9.47. The lowest BCUT2D eigenvalue weighted by Gasteiger charge is -2.41. The molecule has 1 aromatic heterocycles. The summed E-state index contributed by atoms with van der Waals surface area (Å²) >= 11 is 6.26. The van der Waals surface area contributed by atoms with E-state index >= 15 is 0 Å². The van der Waals surface area contributed by atoms with Gasteiger partial charge in [-0.3, -0.25) is 4.79 Å². The van der Waals surface area contributed by atoms with Gasteiger partial charge in [0, 0.05) is 24.9 Å². The van der Waals surface area contributed by atoms with Gasteiger partial charge < -0.3 is 15.0 Å². The van der Waals surface area contributed by atoms with Crippen LogP contribution in [0.5, 0.6) is 5.88 Å². The third kappa shape index (κ3) is 4.16. The average molecular weight is 506 g/mol. The lowest BCUT2D eigenvalue weighted by molar-refractivity contribution is -0.201. The number of halogens is 4. The number of hydrogen-bond acceptors (Lipinski definition) is 6. The molecule has 3 aliphatic rings. The molecule has 3 fully saturated rings. The maximum atomic E-state index is 13.5. The zero-order valence-corrected chi connectivity index (χ0v) is 19.7. The van der Waals surface area contributed by atoms with Crippen LogP contribution in [0.4, 0.5) is 24.7 Å². The van der Waals surface area contributed by atoms with Crippen molar-refractivity contribution in [3.8, 4) is 11.9 Å². The average Bonchev–Trinajstić information content (AvgIpc) is 3.59. The number of ether oxygens (including phenoxy) is 1. The number of nitrogens with one attached hydrogen (secondary N) is 1. The van der Waals surface area contributed by atoms with Crippen LogP contribution in [0.1, 0.15) is 49.7 Å². The first-order valence-electron chi connectivity index (χ1n) is 11.5. The molecular formula is C24H23ClF3N5O2. The molecule has 2 aromatic rings. The molecule has 1 amide bonds. The number of hydrogen-bond donors (Lipinski definition) is 1. The number of piperidine rings is 1. The quantitative estimate of drug-likeness (QED) is 0.593. The molecule has 2 unspecified atom stereocenters. The minimum absolute atomic E-state index is 0.121. The Labute approximate surface area is 205 Å². The number of fused-ring (bicyclic) bond motifs is 2. The van der Waals surface area contributed by atoms with Crippen LogP contribution >= 0.6 is 11.6 Å². The van der Waals surface area contributed by atoms with Gasteiger partial charge in [0.15, 0.2) is 0 Å². The molecule has 1 N–H and O–H groups in total. The molecule has 2 aliphatic heterocycles. The van der Waals surface area contributed by atoms with Crippen LogP contribution in [0.15, 0.2) is 24.5 Å². The zero-order valence-electron chi connectivity index (χ0n) is 18.9. The van der Waals surface area contributed by atoms with Crippen molar-refractivity contribution in [2.45, 2.75) is 69.8 Å². The Kier molecular flexibility index (Phi) is 5.79. The normalized spacial score (nSPS) is 24.6. The molecule has 1 aromatic carbocycles. The molecule has 11 heteroatoms. The smallest absolute Gasteiger partial charge is 0.403 e. The van der Waals surface area contributed by atoms with Gasteiger partial charge in [0.25, 0.3) is 0 Å². The van der Waals surface area contributed by atoms with Gasteiger partial charge in [0.2, 0.25) is 11.8 Å². The van der Waals surface area contributed by atoms with Crippen molar-refractivity contribution in [3.05, 3.63) is 40.7 Å². The standard InChI is InChI=1S/C24H23ClF3N5O2/c1-13-20(32-19-5-2-14(11-29)8-18(19)25)30-12-31-21(13)35-17-9-15-3-4-16(10-17)33(15)22(34)23(6-7-23)24(26,27)28/h2,5,8,12,15-17H,3-4,6-7,9-10H2,1H3,(H,30,31,32). The van der Waals surface area contributed by atoms with Crippen LogP contribution in [-0.2, 0) is 4.79 Å². The Balaban J connectivity index is 1.29. The predicted octanol–water partition coefficient (Wildman–Crippen LogP) is 5.30. The highest BCUT2D eigenvalue weighted by molar-refractivity contribution is 6.33. The second kappa shape index (κ2) is 8.55. The molecule has 0 spiro atoms. The molecule has 0 radical (unpaired) electrons. The molecule has 5 rings (SSSR count). The first-order valence-corrected chi connectivity index (χ1v) is 11.8. The predicted molar refractivity (Wildman–Crippen MR) is 121 cm³/mol. The fourth-order valence-electron chi connectivity index (χ4n) is 5.20. The van der Waals surface area contributed by atoms with Crippen molar-refractivity contribution in [2.24, 2.45) is 5.41 Å². The first kappa shape index (κ1) is 23.7. The highest BCUT2D eigenvalue weighted by atomic mass is 35.5. The van der Waals surface area contributed by atoms with Gasteiger partial charge in [-0.25, -0.2) is 9.97 Å². The Bertz CT molecular complexity index is 1200. The third-order valence-electron chi connectivity index (χ3n) is 7.29. The van der Waals surface area contributed by atoms with E-state index in [0.717, 1.165) is 0 Å². The monoisotopic (exact) mass is 505 g/mol. The van der Waals surface area contributed by atoms with Gasteiger partial charge in [-0.2, -0.15) is 18.4 Å². The molecular weight excluding hydrogens is 483 g/mol. The van der Waals surface area contributed by atoms with Gasteiger partial charge in [-0.1, -0.05) is 11.6 Å². The zero-order chi connectivity index (χ0) is 25.0. The van der Waals surface area contributed by atoms with Crippen LogP contribution in [0.3, 0.4) is 0 Å². The summed E-state index contributed by atoms with van der Waals surface area (Å²) in [5.74, 6) is 0.0865. The summed E-state index contributed by atoms with van der Waals surface area (Å²) in [4.78, 5) is 22.9. The highest BCUT2D eigenvalue weighted by Gasteiger charge is 2.70. The number of rotatable bonds is 5. The summed E-state index contributed by atoms with van der Waals surface area (Å²) in [6.07, 6.45) is -1.38. The summed E-state index contributed by atoms with van der Waals surface area (Å²) in [7, 11) is 0. The van der Waals surface area contributed by atoms with Gasteiger partial charge >= 0.3 is 6.18 Å². The van der Waals surface area contributed by atoms with Crippen molar-refractivity contribution in [2.75, 3.05) is 5.32 Å². The number of carbonyl (C=O) groups is 1. The fraction of sp³-hybridized carbons (Fsp3) is 0.500. The van der Waals surface area contributed by atoms with E-state index in [2.05, 4.69) is 15.3 Å². The number of anilines is 2. The number of aromatic nitrogens is 2. The maximum Gasteiger partial charge on any atom is 0.403 e. The van der Waals surface area contributed by atoms with E-state index in [9.17, 15) is 18.0 Å². The van der Waals surface area contributed by atoms with Gasteiger partial charge in [0.05, 0.1) is 27.9 Å². The summed E-state index contributed by atoms with van der Waals surface area (Å²) in [5, 5.41) is 12.5. The number of carbonyl (C=O) groups excluding carboxylic acids is 1. The van der Waals surface area contributed by atoms with Crippen molar-refractivity contribution in [1.82, 2.24) is 14.9 Å². The Morgan fingerprint density at radius 3 is 2.51 bits per heavy atom. The van der Waals surface area contributed by atoms with Crippen LogP contribution in [-0.4, -0.2) is 45.1 Å². The van der Waals surface area contributed by atoms with Gasteiger partial charge in [-0.05, 0) is 50.8 Å². The van der Waals surface area contributed by atoms with E-state index in [0.29, 0.717) is 59.2 Å².